The second-order valence-electron chi connectivity index (χ2n) is 9.21. The summed E-state index contributed by atoms with van der Waals surface area (Å²) in [5, 5.41) is 73.6. The van der Waals surface area contributed by atoms with Crippen LogP contribution in [0, 0.1) is 0 Å². The number of carbonyl (C=O) groups is 1. The van der Waals surface area contributed by atoms with Crippen LogP contribution in [-0.4, -0.2) is 116 Å². The third kappa shape index (κ3) is 5.07. The summed E-state index contributed by atoms with van der Waals surface area (Å²) in [4.78, 5) is 12.7. The Morgan fingerprint density at radius 2 is 1.72 bits per heavy atom. The van der Waals surface area contributed by atoms with E-state index in [4.69, 9.17) is 18.9 Å². The zero-order chi connectivity index (χ0) is 26.3. The number of fused-ring (bicyclic) bond motifs is 1. The molecule has 1 saturated carbocycles. The highest BCUT2D eigenvalue weighted by atomic mass is 16.7. The van der Waals surface area contributed by atoms with Crippen LogP contribution in [0.5, 0.6) is 11.5 Å². The van der Waals surface area contributed by atoms with E-state index in [2.05, 4.69) is 5.32 Å². The molecule has 0 bridgehead atoms. The van der Waals surface area contributed by atoms with Crippen LogP contribution < -0.4 is 10.1 Å². The zero-order valence-corrected chi connectivity index (χ0v) is 19.5. The van der Waals surface area contributed by atoms with Crippen molar-refractivity contribution in [1.82, 2.24) is 5.32 Å². The molecule has 2 saturated heterocycles. The maximum Gasteiger partial charge on any atom is 0.247 e. The first-order chi connectivity index (χ1) is 17.0. The fourth-order valence-electron chi connectivity index (χ4n) is 4.55. The number of nitrogens with one attached hydrogen (secondary N) is 1. The number of aliphatic hydroxyl groups is 6. The minimum atomic E-state index is -1.49. The number of hydrogen-bond donors (Lipinski definition) is 8. The van der Waals surface area contributed by atoms with Crippen LogP contribution in [0.1, 0.15) is 19.4 Å². The van der Waals surface area contributed by atoms with E-state index < -0.39 is 73.2 Å². The monoisotopic (exact) mass is 513 g/mol. The molecule has 0 aromatic heterocycles. The van der Waals surface area contributed by atoms with Gasteiger partial charge < -0.3 is 60.0 Å². The molecular formula is C23H31NO12. The minimum Gasteiger partial charge on any atom is -0.504 e. The highest BCUT2D eigenvalue weighted by molar-refractivity contribution is 5.97. The van der Waals surface area contributed by atoms with Crippen LogP contribution in [0.3, 0.4) is 0 Å². The lowest BCUT2D eigenvalue weighted by Gasteiger charge is -2.41. The van der Waals surface area contributed by atoms with Crippen LogP contribution in [0.25, 0.3) is 6.08 Å². The highest BCUT2D eigenvalue weighted by Crippen LogP contribution is 2.33. The van der Waals surface area contributed by atoms with Crippen molar-refractivity contribution < 1.29 is 59.5 Å². The largest absolute Gasteiger partial charge is 0.504 e. The quantitative estimate of drug-likeness (QED) is 0.183. The summed E-state index contributed by atoms with van der Waals surface area (Å²) in [5.74, 6) is -1.04. The van der Waals surface area contributed by atoms with E-state index in [0.29, 0.717) is 5.56 Å². The second-order valence-corrected chi connectivity index (χ2v) is 9.21. The van der Waals surface area contributed by atoms with Crippen LogP contribution in [0.2, 0.25) is 0 Å². The number of rotatable bonds is 6. The van der Waals surface area contributed by atoms with Gasteiger partial charge in [-0.3, -0.25) is 4.79 Å². The Labute approximate surface area is 206 Å². The molecule has 13 heteroatoms. The SMILES string of the molecule is CC(=Cc1ccc(OC2OC(C(C)O)C(O)C2O)c(O)c1)C(=O)NC1C(O)C(O)C2OCOC2C1O. The molecule has 36 heavy (non-hydrogen) atoms. The molecule has 4 rings (SSSR count). The van der Waals surface area contributed by atoms with E-state index in [-0.39, 0.29) is 23.9 Å². The van der Waals surface area contributed by atoms with E-state index in [1.165, 1.54) is 38.1 Å². The van der Waals surface area contributed by atoms with Crippen molar-refractivity contribution in [2.24, 2.45) is 0 Å². The molecule has 0 spiro atoms. The Bertz CT molecular complexity index is 986. The third-order valence-electron chi connectivity index (χ3n) is 6.60. The van der Waals surface area contributed by atoms with Gasteiger partial charge in [0.05, 0.1) is 12.1 Å². The Kier molecular flexibility index (Phi) is 7.85. The maximum atomic E-state index is 12.7. The molecule has 1 aliphatic carbocycles. The second kappa shape index (κ2) is 10.6. The molecule has 3 fully saturated rings. The molecule has 1 aromatic rings. The maximum absolute atomic E-state index is 12.7. The molecule has 2 aliphatic heterocycles. The fourth-order valence-corrected chi connectivity index (χ4v) is 4.55. The highest BCUT2D eigenvalue weighted by Gasteiger charge is 2.53. The predicted octanol–water partition coefficient (Wildman–Crippen LogP) is -2.68. The summed E-state index contributed by atoms with van der Waals surface area (Å²) in [6.07, 6.45) is -10.8. The lowest BCUT2D eigenvalue weighted by molar-refractivity contribution is -0.155. The molecule has 3 aliphatic rings. The average Bonchev–Trinajstić information content (AvgIpc) is 3.43. The number of phenols is 1. The van der Waals surface area contributed by atoms with Crippen LogP contribution in [-0.2, 0) is 19.0 Å². The van der Waals surface area contributed by atoms with E-state index in [1.807, 2.05) is 0 Å². The molecule has 2 heterocycles. The first-order valence-electron chi connectivity index (χ1n) is 11.5. The van der Waals surface area contributed by atoms with Crippen molar-refractivity contribution in [2.75, 3.05) is 6.79 Å². The number of aliphatic hydroxyl groups excluding tert-OH is 6. The summed E-state index contributed by atoms with van der Waals surface area (Å²) >= 11 is 0. The fraction of sp³-hybridized carbons (Fsp3) is 0.609. The van der Waals surface area contributed by atoms with Gasteiger partial charge in [0.1, 0.15) is 55.6 Å². The van der Waals surface area contributed by atoms with E-state index in [0.717, 1.165) is 0 Å². The summed E-state index contributed by atoms with van der Waals surface area (Å²) in [6.45, 7) is 2.73. The summed E-state index contributed by atoms with van der Waals surface area (Å²) < 4.78 is 21.2. The Morgan fingerprint density at radius 3 is 2.33 bits per heavy atom. The smallest absolute Gasteiger partial charge is 0.247 e. The lowest BCUT2D eigenvalue weighted by Crippen LogP contribution is -2.67. The lowest BCUT2D eigenvalue weighted by atomic mass is 9.83. The van der Waals surface area contributed by atoms with Gasteiger partial charge in [-0.15, -0.1) is 0 Å². The first kappa shape index (κ1) is 26.7. The Balaban J connectivity index is 1.41. The first-order valence-corrected chi connectivity index (χ1v) is 11.5. The molecule has 11 atom stereocenters. The molecule has 8 N–H and O–H groups in total. The Morgan fingerprint density at radius 1 is 1.06 bits per heavy atom. The van der Waals surface area contributed by atoms with E-state index in [1.54, 1.807) is 0 Å². The molecular weight excluding hydrogens is 482 g/mol. The van der Waals surface area contributed by atoms with Crippen LogP contribution >= 0.6 is 0 Å². The third-order valence-corrected chi connectivity index (χ3v) is 6.60. The van der Waals surface area contributed by atoms with E-state index in [9.17, 15) is 40.5 Å². The molecule has 200 valence electrons. The van der Waals surface area contributed by atoms with Crippen molar-refractivity contribution in [2.45, 2.75) is 81.1 Å². The normalized spacial score (nSPS) is 39.5. The number of phenolic OH excluding ortho intramolecular Hbond substituents is 1. The number of aromatic hydroxyl groups is 1. The predicted molar refractivity (Wildman–Crippen MR) is 119 cm³/mol. The summed E-state index contributed by atoms with van der Waals surface area (Å²) in [7, 11) is 0. The Hall–Kier alpha value is -2.33. The van der Waals surface area contributed by atoms with Gasteiger partial charge >= 0.3 is 0 Å². The van der Waals surface area contributed by atoms with Gasteiger partial charge in [-0.05, 0) is 37.6 Å². The van der Waals surface area contributed by atoms with Crippen molar-refractivity contribution in [3.8, 4) is 11.5 Å². The van der Waals surface area contributed by atoms with Gasteiger partial charge in [-0.1, -0.05) is 6.07 Å². The molecule has 0 radical (unpaired) electrons. The van der Waals surface area contributed by atoms with Gasteiger partial charge in [-0.25, -0.2) is 0 Å². The number of benzene rings is 1. The molecule has 13 nitrogen and oxygen atoms in total. The summed E-state index contributed by atoms with van der Waals surface area (Å²) in [5.41, 5.74) is 0.569. The summed E-state index contributed by atoms with van der Waals surface area (Å²) in [6, 6.07) is 2.96. The van der Waals surface area contributed by atoms with Crippen LogP contribution in [0.15, 0.2) is 23.8 Å². The molecule has 1 aromatic carbocycles. The number of hydrogen-bond acceptors (Lipinski definition) is 12. The van der Waals surface area contributed by atoms with Gasteiger partial charge in [0.25, 0.3) is 0 Å². The molecule has 1 amide bonds. The van der Waals surface area contributed by atoms with Crippen molar-refractivity contribution >= 4 is 12.0 Å². The van der Waals surface area contributed by atoms with Gasteiger partial charge in [0, 0.05) is 5.57 Å². The number of ether oxygens (including phenoxy) is 4. The van der Waals surface area contributed by atoms with Gasteiger partial charge in [0.15, 0.2) is 11.5 Å². The topological polar surface area (TPSA) is 208 Å². The average molecular weight is 513 g/mol. The van der Waals surface area contributed by atoms with Crippen molar-refractivity contribution in [3.05, 3.63) is 29.3 Å². The van der Waals surface area contributed by atoms with E-state index >= 15 is 0 Å². The zero-order valence-electron chi connectivity index (χ0n) is 19.5. The molecule has 11 unspecified atom stereocenters. The standard InChI is InChI=1S/C23H31NO12/c1-8(22(32)24-13-14(27)16(29)21-20(15(13)28)33-7-34-21)5-10-3-4-12(11(26)6-10)35-23-18(31)17(30)19(36-23)9(2)25/h3-6,9,13-21,23,25-31H,7H2,1-2H3,(H,24,32). The van der Waals surface area contributed by atoms with Crippen molar-refractivity contribution in [3.63, 3.8) is 0 Å². The minimum absolute atomic E-state index is 0.0625. The van der Waals surface area contributed by atoms with Crippen LogP contribution in [0.4, 0.5) is 0 Å². The van der Waals surface area contributed by atoms with Gasteiger partial charge in [-0.2, -0.15) is 0 Å². The number of amides is 1. The number of carbonyl (C=O) groups excluding carboxylic acids is 1. The van der Waals surface area contributed by atoms with Crippen molar-refractivity contribution in [1.29, 1.82) is 0 Å². The van der Waals surface area contributed by atoms with Gasteiger partial charge in [0.2, 0.25) is 12.2 Å².